The Bertz CT molecular complexity index is 76.4. The third-order valence-electron chi connectivity index (χ3n) is 0.695. The first kappa shape index (κ1) is 8.41. The second-order valence-corrected chi connectivity index (χ2v) is 4.19. The molecule has 0 aromatic carbocycles. The van der Waals surface area contributed by atoms with E-state index in [-0.39, 0.29) is 0 Å². The van der Waals surface area contributed by atoms with Gasteiger partial charge in [0.1, 0.15) is 11.4 Å². The molecule has 0 bridgehead atoms. The van der Waals surface area contributed by atoms with Crippen LogP contribution in [-0.4, -0.2) is 5.75 Å². The maximum atomic E-state index is 9.87. The van der Waals surface area contributed by atoms with Crippen LogP contribution < -0.4 is 4.89 Å². The zero-order valence-corrected chi connectivity index (χ0v) is 6.50. The van der Waals surface area contributed by atoms with Crippen molar-refractivity contribution in [2.24, 2.45) is 0 Å². The van der Waals surface area contributed by atoms with Gasteiger partial charge in [0.15, 0.2) is 0 Å². The summed E-state index contributed by atoms with van der Waals surface area (Å²) in [5.41, 5.74) is 0. The number of hydrogen-bond acceptors (Lipinski definition) is 3. The van der Waals surface area contributed by atoms with E-state index >= 15 is 0 Å². The highest BCUT2D eigenvalue weighted by Gasteiger charge is 1.99. The van der Waals surface area contributed by atoms with Crippen LogP contribution in [0.3, 0.4) is 0 Å². The van der Waals surface area contributed by atoms with Gasteiger partial charge in [-0.1, -0.05) is 17.9 Å². The van der Waals surface area contributed by atoms with Crippen molar-refractivity contribution in [1.82, 2.24) is 0 Å². The van der Waals surface area contributed by atoms with E-state index in [1.165, 1.54) is 0 Å². The first-order valence-corrected chi connectivity index (χ1v) is 5.31. The van der Waals surface area contributed by atoms with E-state index in [0.717, 1.165) is 30.0 Å². The Balaban J connectivity index is 2.82. The third-order valence-corrected chi connectivity index (χ3v) is 2.56. The van der Waals surface area contributed by atoms with Crippen LogP contribution in [0.25, 0.3) is 0 Å². The molecule has 0 spiro atoms. The molecular weight excluding hydrogens is 143 g/mol. The molecule has 0 aliphatic heterocycles. The second-order valence-electron chi connectivity index (χ2n) is 1.41. The Morgan fingerprint density at radius 1 is 1.75 bits per heavy atom. The lowest BCUT2D eigenvalue weighted by Gasteiger charge is -1.85. The van der Waals surface area contributed by atoms with Gasteiger partial charge in [0.05, 0.1) is 0 Å². The maximum Gasteiger partial charge on any atom is 0.384 e. The average molecular weight is 152 g/mol. The molecule has 0 rings (SSSR count). The molecule has 0 saturated heterocycles. The normalized spacial score (nSPS) is 11.5. The van der Waals surface area contributed by atoms with E-state index in [1.807, 2.05) is 6.92 Å². The fourth-order valence-electron chi connectivity index (χ4n) is 0.283. The molecule has 48 valence electrons. The van der Waals surface area contributed by atoms with E-state index in [4.69, 9.17) is 0 Å². The molecule has 0 N–H and O–H groups in total. The molecule has 0 heterocycles. The van der Waals surface area contributed by atoms with Crippen LogP contribution in [-0.2, 0) is 4.57 Å². The highest BCUT2D eigenvalue weighted by atomic mass is 32.7. The van der Waals surface area contributed by atoms with Gasteiger partial charge in [-0.05, 0) is 6.42 Å². The molecule has 0 radical (unpaired) electrons. The number of unbranched alkanes of at least 4 members (excludes halogenated alkanes) is 1. The molecule has 0 aliphatic rings. The smallest absolute Gasteiger partial charge is 0.384 e. The third kappa shape index (κ3) is 6.41. The zero-order valence-electron chi connectivity index (χ0n) is 4.79. The van der Waals surface area contributed by atoms with Crippen LogP contribution in [0.2, 0.25) is 0 Å². The highest BCUT2D eigenvalue weighted by Crippen LogP contribution is 2.28. The summed E-state index contributed by atoms with van der Waals surface area (Å²) in [6.45, 7) is 2.04. The van der Waals surface area contributed by atoms with Crippen LogP contribution in [0.5, 0.6) is 0 Å². The minimum Gasteiger partial charge on any atom is -0.585 e. The molecule has 0 aliphatic carbocycles. The van der Waals surface area contributed by atoms with Crippen LogP contribution in [0.15, 0.2) is 0 Å². The van der Waals surface area contributed by atoms with Crippen LogP contribution in [0, 0.1) is 0 Å². The summed E-state index contributed by atoms with van der Waals surface area (Å²) >= 11 is 1.01. The molecule has 1 atom stereocenters. The molecule has 0 saturated carbocycles. The molecule has 2 nitrogen and oxygen atoms in total. The van der Waals surface area contributed by atoms with Gasteiger partial charge in [-0.15, -0.1) is 0 Å². The topological polar surface area (TPSA) is 40.1 Å². The largest absolute Gasteiger partial charge is 0.585 e. The van der Waals surface area contributed by atoms with Crippen molar-refractivity contribution in [2.45, 2.75) is 19.8 Å². The van der Waals surface area contributed by atoms with E-state index in [9.17, 15) is 9.46 Å². The fraction of sp³-hybridized carbons (Fsp3) is 1.00. The predicted molar refractivity (Wildman–Crippen MR) is 35.0 cm³/mol. The van der Waals surface area contributed by atoms with E-state index in [2.05, 4.69) is 0 Å². The zero-order chi connectivity index (χ0) is 6.41. The first-order chi connectivity index (χ1) is 3.77. The lowest BCUT2D eigenvalue weighted by molar-refractivity contribution is -0.157. The Morgan fingerprint density at radius 2 is 2.38 bits per heavy atom. The fourth-order valence-corrected chi connectivity index (χ4v) is 1.68. The van der Waals surface area contributed by atoms with Crippen molar-refractivity contribution in [3.63, 3.8) is 0 Å². The minimum absolute atomic E-state index is 0.745. The van der Waals surface area contributed by atoms with Gasteiger partial charge in [0.2, 0.25) is 0 Å². The van der Waals surface area contributed by atoms with Crippen molar-refractivity contribution in [2.75, 3.05) is 5.75 Å². The Labute approximate surface area is 54.3 Å². The highest BCUT2D eigenvalue weighted by molar-refractivity contribution is 8.49. The number of rotatable bonds is 4. The molecule has 0 amide bonds. The van der Waals surface area contributed by atoms with Gasteiger partial charge >= 0.3 is 7.23 Å². The van der Waals surface area contributed by atoms with Gasteiger partial charge in [0, 0.05) is 5.75 Å². The molecule has 4 heteroatoms. The van der Waals surface area contributed by atoms with E-state index < -0.39 is 7.23 Å². The maximum absolute atomic E-state index is 9.87. The van der Waals surface area contributed by atoms with Gasteiger partial charge in [0.25, 0.3) is 0 Å². The molecule has 8 heavy (non-hydrogen) atoms. The summed E-state index contributed by atoms with van der Waals surface area (Å²) in [7, 11) is -2.20. The van der Waals surface area contributed by atoms with Gasteiger partial charge < -0.3 is 4.89 Å². The second kappa shape index (κ2) is 5.54. The summed E-state index contributed by atoms with van der Waals surface area (Å²) in [5, 5.41) is 0. The lowest BCUT2D eigenvalue weighted by Crippen LogP contribution is -1.82. The standard InChI is InChI=1S/C4H9O2PS/c1-2-3-4-8-7(5)6/h2-4H2,1H3. The van der Waals surface area contributed by atoms with Crippen molar-refractivity contribution in [3.8, 4) is 0 Å². The van der Waals surface area contributed by atoms with Crippen LogP contribution in [0.4, 0.5) is 0 Å². The van der Waals surface area contributed by atoms with Crippen LogP contribution >= 0.6 is 18.6 Å². The van der Waals surface area contributed by atoms with Crippen molar-refractivity contribution in [1.29, 1.82) is 0 Å². The Hall–Kier alpha value is 0.410. The van der Waals surface area contributed by atoms with E-state index in [0.29, 0.717) is 0 Å². The number of hydrogen-bond donors (Lipinski definition) is 0. The Morgan fingerprint density at radius 3 is 2.75 bits per heavy atom. The SMILES string of the molecule is CCCCS[P+](=O)[O-]. The molecule has 0 aromatic heterocycles. The Kier molecular flexibility index (Phi) is 5.83. The van der Waals surface area contributed by atoms with Crippen molar-refractivity contribution >= 4 is 18.6 Å². The quantitative estimate of drug-likeness (QED) is 0.453. The summed E-state index contributed by atoms with van der Waals surface area (Å²) in [6, 6.07) is 0. The van der Waals surface area contributed by atoms with Gasteiger partial charge in [-0.3, -0.25) is 0 Å². The summed E-state index contributed by atoms with van der Waals surface area (Å²) < 4.78 is 9.87. The summed E-state index contributed by atoms with van der Waals surface area (Å²) in [4.78, 5) is 9.87. The summed E-state index contributed by atoms with van der Waals surface area (Å²) in [5.74, 6) is 0.745. The van der Waals surface area contributed by atoms with E-state index in [1.54, 1.807) is 0 Å². The molecule has 0 aromatic rings. The first-order valence-electron chi connectivity index (χ1n) is 2.54. The van der Waals surface area contributed by atoms with Crippen molar-refractivity contribution < 1.29 is 9.46 Å². The molecular formula is C4H9O2PS. The molecule has 1 unspecified atom stereocenters. The molecule has 0 fully saturated rings. The average Bonchev–Trinajstić information content (AvgIpc) is 1.66. The van der Waals surface area contributed by atoms with Gasteiger partial charge in [-0.25, -0.2) is 0 Å². The minimum atomic E-state index is -2.20. The summed E-state index contributed by atoms with van der Waals surface area (Å²) in [6.07, 6.45) is 2.06. The monoisotopic (exact) mass is 152 g/mol. The van der Waals surface area contributed by atoms with Crippen molar-refractivity contribution in [3.05, 3.63) is 0 Å². The van der Waals surface area contributed by atoms with Crippen LogP contribution in [0.1, 0.15) is 19.8 Å². The lowest BCUT2D eigenvalue weighted by atomic mass is 10.4. The van der Waals surface area contributed by atoms with Gasteiger partial charge in [-0.2, -0.15) is 0 Å². The predicted octanol–water partition coefficient (Wildman–Crippen LogP) is 1.54.